The second kappa shape index (κ2) is 11.7. The molecule has 0 aromatic heterocycles. The van der Waals surface area contributed by atoms with Crippen molar-refractivity contribution in [3.63, 3.8) is 0 Å². The summed E-state index contributed by atoms with van der Waals surface area (Å²) in [5.41, 5.74) is 1.85. The van der Waals surface area contributed by atoms with Gasteiger partial charge in [0.1, 0.15) is 48.8 Å². The Bertz CT molecular complexity index is 1100. The van der Waals surface area contributed by atoms with Crippen LogP contribution in [0.25, 0.3) is 0 Å². The van der Waals surface area contributed by atoms with Gasteiger partial charge in [-0.2, -0.15) is 0 Å². The molecule has 0 amide bonds. The molecule has 4 fully saturated rings. The monoisotopic (exact) mass is 557 g/mol. The van der Waals surface area contributed by atoms with Gasteiger partial charge in [0, 0.05) is 11.9 Å². The van der Waals surface area contributed by atoms with Gasteiger partial charge in [0.2, 0.25) is 0 Å². The van der Waals surface area contributed by atoms with Crippen LogP contribution >= 0.6 is 0 Å². The van der Waals surface area contributed by atoms with Gasteiger partial charge in [-0.1, -0.05) is 60.7 Å². The molecule has 6 rings (SSSR count). The molecule has 0 saturated carbocycles. The van der Waals surface area contributed by atoms with Gasteiger partial charge in [0.15, 0.2) is 12.1 Å². The number of aliphatic hydroxyl groups excluding tert-OH is 1. The van der Waals surface area contributed by atoms with Crippen molar-refractivity contribution in [2.24, 2.45) is 0 Å². The third-order valence-corrected chi connectivity index (χ3v) is 7.83. The van der Waals surface area contributed by atoms with Crippen LogP contribution in [0.1, 0.15) is 38.2 Å². The molecule has 40 heavy (non-hydrogen) atoms. The Hall–Kier alpha value is -1.96. The number of aliphatic hydroxyl groups is 1. The lowest BCUT2D eigenvalue weighted by Gasteiger charge is -2.49. The Morgan fingerprint density at radius 1 is 0.875 bits per heavy atom. The van der Waals surface area contributed by atoms with Gasteiger partial charge in [0.05, 0.1) is 25.9 Å². The normalized spacial score (nSPS) is 40.8. The van der Waals surface area contributed by atoms with E-state index in [0.29, 0.717) is 6.61 Å². The molecule has 218 valence electrons. The Labute approximate surface area is 234 Å². The van der Waals surface area contributed by atoms with Crippen LogP contribution in [-0.2, 0) is 44.5 Å². The summed E-state index contributed by atoms with van der Waals surface area (Å²) in [5, 5.41) is 24.0. The largest absolute Gasteiger partial charge is 0.829 e. The molecule has 1 N–H and O–H groups in total. The smallest absolute Gasteiger partial charge is 0.184 e. The molecule has 4 heterocycles. The van der Waals surface area contributed by atoms with Gasteiger partial charge >= 0.3 is 0 Å². The second-order valence-electron chi connectivity index (χ2n) is 11.2. The van der Waals surface area contributed by atoms with E-state index in [-0.39, 0.29) is 13.2 Å². The van der Waals surface area contributed by atoms with Crippen LogP contribution < -0.4 is 5.11 Å². The fraction of sp³-hybridized carbons (Fsp3) is 0.600. The van der Waals surface area contributed by atoms with Gasteiger partial charge in [-0.3, -0.25) is 0 Å². The molecule has 0 spiro atoms. The highest BCUT2D eigenvalue weighted by Crippen LogP contribution is 2.39. The van der Waals surface area contributed by atoms with Crippen molar-refractivity contribution in [3.8, 4) is 0 Å². The molecule has 4 saturated heterocycles. The second-order valence-corrected chi connectivity index (χ2v) is 11.2. The predicted octanol–water partition coefficient (Wildman–Crippen LogP) is 1.82. The van der Waals surface area contributed by atoms with E-state index in [1.54, 1.807) is 20.8 Å². The summed E-state index contributed by atoms with van der Waals surface area (Å²) in [5.74, 6) is -0.927. The first-order valence-electron chi connectivity index (χ1n) is 13.9. The molecule has 10 nitrogen and oxygen atoms in total. The minimum atomic E-state index is -1.37. The zero-order chi connectivity index (χ0) is 27.9. The standard InChI is InChI=1S/C30H37O10/c1-17-23(26-27(28(32)36-17)40-30(2,3)39-26)34-15-20-22(31)25(33-14-18-10-6-4-7-11-18)24-21(37-20)16-35-29(38-24)19-12-8-5-9-13-19/h4-13,17,20-29,31H,14-16H2,1-3H3/q-1/t17-,20-,21+,22+,23-,24+,25+,26+,27+,28+,29?/m0/s1. The number of hydrogen-bond acceptors (Lipinski definition) is 10. The maximum atomic E-state index is 12.5. The van der Waals surface area contributed by atoms with Crippen LogP contribution in [-0.4, -0.2) is 85.3 Å². The van der Waals surface area contributed by atoms with Crippen molar-refractivity contribution in [1.82, 2.24) is 0 Å². The third-order valence-electron chi connectivity index (χ3n) is 7.83. The van der Waals surface area contributed by atoms with Crippen LogP contribution in [0.2, 0.25) is 0 Å². The van der Waals surface area contributed by atoms with Crippen molar-refractivity contribution >= 4 is 0 Å². The average Bonchev–Trinajstić information content (AvgIpc) is 3.29. The number of benzene rings is 2. The maximum Gasteiger partial charge on any atom is 0.184 e. The van der Waals surface area contributed by atoms with Gasteiger partial charge in [-0.25, -0.2) is 0 Å². The Balaban J connectivity index is 1.17. The summed E-state index contributed by atoms with van der Waals surface area (Å²) in [6.07, 6.45) is -8.05. The zero-order valence-corrected chi connectivity index (χ0v) is 22.9. The van der Waals surface area contributed by atoms with E-state index < -0.39 is 73.3 Å². The van der Waals surface area contributed by atoms with Crippen LogP contribution in [0, 0.1) is 0 Å². The molecule has 2 aromatic carbocycles. The Kier molecular flexibility index (Phi) is 8.26. The lowest BCUT2D eigenvalue weighted by molar-refractivity contribution is -0.527. The molecule has 1 unspecified atom stereocenters. The molecular formula is C30H37O10-. The van der Waals surface area contributed by atoms with Gasteiger partial charge in [0.25, 0.3) is 0 Å². The highest BCUT2D eigenvalue weighted by molar-refractivity contribution is 5.17. The van der Waals surface area contributed by atoms with Crippen molar-refractivity contribution in [2.45, 2.75) is 101 Å². The van der Waals surface area contributed by atoms with E-state index in [1.165, 1.54) is 0 Å². The van der Waals surface area contributed by atoms with Crippen LogP contribution in [0.15, 0.2) is 60.7 Å². The Morgan fingerprint density at radius 2 is 1.57 bits per heavy atom. The summed E-state index contributed by atoms with van der Waals surface area (Å²) in [7, 11) is 0. The fourth-order valence-corrected chi connectivity index (χ4v) is 5.90. The minimum absolute atomic E-state index is 0.0204. The molecule has 0 bridgehead atoms. The molecule has 10 heteroatoms. The molecule has 2 aromatic rings. The summed E-state index contributed by atoms with van der Waals surface area (Å²) < 4.78 is 48.6. The lowest BCUT2D eigenvalue weighted by atomic mass is 9.93. The molecule has 0 radical (unpaired) electrons. The highest BCUT2D eigenvalue weighted by Gasteiger charge is 2.54. The predicted molar refractivity (Wildman–Crippen MR) is 138 cm³/mol. The summed E-state index contributed by atoms with van der Waals surface area (Å²) in [6, 6.07) is 19.4. The zero-order valence-electron chi connectivity index (χ0n) is 22.9. The van der Waals surface area contributed by atoms with E-state index in [0.717, 1.165) is 11.1 Å². The molecular weight excluding hydrogens is 520 g/mol. The van der Waals surface area contributed by atoms with Gasteiger partial charge < -0.3 is 48.1 Å². The van der Waals surface area contributed by atoms with Crippen molar-refractivity contribution in [3.05, 3.63) is 71.8 Å². The van der Waals surface area contributed by atoms with Gasteiger partial charge in [-0.05, 0) is 26.3 Å². The highest BCUT2D eigenvalue weighted by atomic mass is 16.8. The molecule has 4 aliphatic heterocycles. The van der Waals surface area contributed by atoms with Crippen LogP contribution in [0.5, 0.6) is 0 Å². The quantitative estimate of drug-likeness (QED) is 0.540. The number of ether oxygens (including phenoxy) is 8. The van der Waals surface area contributed by atoms with Crippen LogP contribution in [0.4, 0.5) is 0 Å². The number of fused-ring (bicyclic) bond motifs is 2. The van der Waals surface area contributed by atoms with Crippen molar-refractivity contribution in [1.29, 1.82) is 0 Å². The SMILES string of the molecule is C[C@@H]1O[C@@H]([O-])[C@@H]2OC(C)(C)O[C@@H]2[C@H]1OC[C@@H]1O[C@@H]2COC(c3ccccc3)O[C@H]2[C@H](OCc2ccccc2)[C@@H]1O. The molecule has 0 aliphatic carbocycles. The first kappa shape index (κ1) is 28.2. The van der Waals surface area contributed by atoms with Crippen LogP contribution in [0.3, 0.4) is 0 Å². The molecule has 4 aliphatic rings. The van der Waals surface area contributed by atoms with E-state index in [4.69, 9.17) is 37.9 Å². The average molecular weight is 558 g/mol. The Morgan fingerprint density at radius 3 is 2.33 bits per heavy atom. The first-order chi connectivity index (χ1) is 19.3. The van der Waals surface area contributed by atoms with E-state index in [1.807, 2.05) is 60.7 Å². The number of rotatable bonds is 7. The van der Waals surface area contributed by atoms with E-state index in [9.17, 15) is 10.2 Å². The first-order valence-corrected chi connectivity index (χ1v) is 13.9. The van der Waals surface area contributed by atoms with E-state index >= 15 is 0 Å². The van der Waals surface area contributed by atoms with E-state index in [2.05, 4.69) is 0 Å². The van der Waals surface area contributed by atoms with Gasteiger partial charge in [-0.15, -0.1) is 0 Å². The summed E-state index contributed by atoms with van der Waals surface area (Å²) in [4.78, 5) is 0. The topological polar surface area (TPSA) is 117 Å². The summed E-state index contributed by atoms with van der Waals surface area (Å²) in [6.45, 7) is 5.86. The summed E-state index contributed by atoms with van der Waals surface area (Å²) >= 11 is 0. The maximum absolute atomic E-state index is 12.5. The number of hydrogen-bond donors (Lipinski definition) is 1. The third kappa shape index (κ3) is 5.84. The van der Waals surface area contributed by atoms with Crippen molar-refractivity contribution < 1.29 is 48.1 Å². The van der Waals surface area contributed by atoms with Crippen molar-refractivity contribution in [2.75, 3.05) is 13.2 Å². The minimum Gasteiger partial charge on any atom is -0.829 e. The fourth-order valence-electron chi connectivity index (χ4n) is 5.90. The lowest BCUT2D eigenvalue weighted by Crippen LogP contribution is -2.64. The molecule has 11 atom stereocenters.